The Hall–Kier alpha value is -2.26. The Morgan fingerprint density at radius 2 is 1.69 bits per heavy atom. The third-order valence-corrected chi connectivity index (χ3v) is 7.04. The van der Waals surface area contributed by atoms with Crippen LogP contribution < -0.4 is 4.74 Å². The Balaban J connectivity index is 1.28. The van der Waals surface area contributed by atoms with E-state index in [9.17, 15) is 13.2 Å². The van der Waals surface area contributed by atoms with E-state index in [-0.39, 0.29) is 17.9 Å². The first kappa shape index (κ1) is 20.0. The van der Waals surface area contributed by atoms with Gasteiger partial charge < -0.3 is 9.64 Å². The van der Waals surface area contributed by atoms with Crippen molar-refractivity contribution in [3.63, 3.8) is 0 Å². The van der Waals surface area contributed by atoms with Gasteiger partial charge in [-0.05, 0) is 25.0 Å². The fourth-order valence-corrected chi connectivity index (χ4v) is 4.93. The molecule has 0 spiro atoms. The standard InChI is InChI=1S/C20H26N4O4S/c1-29(26,27)24-12-6-15(7-13-24)20(25)23-10-8-16(9-11-23)28-19-14-21-17-4-2-3-5-18(17)22-19/h2-5,14-16H,6-13H2,1H3. The Morgan fingerprint density at radius 3 is 2.34 bits per heavy atom. The molecule has 0 unspecified atom stereocenters. The Labute approximate surface area is 170 Å². The summed E-state index contributed by atoms with van der Waals surface area (Å²) in [5.41, 5.74) is 1.64. The first-order valence-corrected chi connectivity index (χ1v) is 11.9. The smallest absolute Gasteiger partial charge is 0.233 e. The summed E-state index contributed by atoms with van der Waals surface area (Å²) in [5, 5.41) is 0. The number of likely N-dealkylation sites (tertiary alicyclic amines) is 1. The van der Waals surface area contributed by atoms with Gasteiger partial charge >= 0.3 is 0 Å². The molecule has 2 aromatic rings. The van der Waals surface area contributed by atoms with E-state index in [0.717, 1.165) is 23.9 Å². The van der Waals surface area contributed by atoms with Crippen LogP contribution in [-0.2, 0) is 14.8 Å². The number of carbonyl (C=O) groups is 1. The van der Waals surface area contributed by atoms with E-state index in [4.69, 9.17) is 4.74 Å². The second kappa shape index (κ2) is 8.23. The molecular formula is C20H26N4O4S. The van der Waals surface area contributed by atoms with E-state index >= 15 is 0 Å². The molecule has 29 heavy (non-hydrogen) atoms. The Bertz CT molecular complexity index is 981. The summed E-state index contributed by atoms with van der Waals surface area (Å²) in [7, 11) is -3.17. The van der Waals surface area contributed by atoms with E-state index in [1.165, 1.54) is 10.6 Å². The van der Waals surface area contributed by atoms with Crippen LogP contribution in [0.15, 0.2) is 30.5 Å². The largest absolute Gasteiger partial charge is 0.473 e. The minimum Gasteiger partial charge on any atom is -0.473 e. The topological polar surface area (TPSA) is 92.7 Å². The van der Waals surface area contributed by atoms with E-state index in [1.54, 1.807) is 6.20 Å². The number of hydrogen-bond donors (Lipinski definition) is 0. The van der Waals surface area contributed by atoms with Gasteiger partial charge in [-0.1, -0.05) is 12.1 Å². The third-order valence-electron chi connectivity index (χ3n) is 5.74. The van der Waals surface area contributed by atoms with Gasteiger partial charge in [0.05, 0.1) is 23.5 Å². The van der Waals surface area contributed by atoms with Gasteiger partial charge in [0, 0.05) is 44.9 Å². The molecule has 0 saturated carbocycles. The van der Waals surface area contributed by atoms with Crippen molar-refractivity contribution in [2.75, 3.05) is 32.4 Å². The highest BCUT2D eigenvalue weighted by atomic mass is 32.2. The first-order chi connectivity index (χ1) is 13.9. The zero-order chi connectivity index (χ0) is 20.4. The van der Waals surface area contributed by atoms with Crippen molar-refractivity contribution in [3.8, 4) is 5.88 Å². The van der Waals surface area contributed by atoms with Crippen LogP contribution in [0.3, 0.4) is 0 Å². The van der Waals surface area contributed by atoms with E-state index in [1.807, 2.05) is 29.2 Å². The summed E-state index contributed by atoms with van der Waals surface area (Å²) < 4.78 is 30.7. The van der Waals surface area contributed by atoms with Crippen molar-refractivity contribution in [1.82, 2.24) is 19.2 Å². The molecule has 0 aliphatic carbocycles. The highest BCUT2D eigenvalue weighted by Gasteiger charge is 2.33. The number of hydrogen-bond acceptors (Lipinski definition) is 6. The van der Waals surface area contributed by atoms with Gasteiger partial charge in [-0.3, -0.25) is 4.79 Å². The summed E-state index contributed by atoms with van der Waals surface area (Å²) in [5.74, 6) is 0.570. The molecular weight excluding hydrogens is 392 g/mol. The minimum absolute atomic E-state index is 0.0154. The van der Waals surface area contributed by atoms with Crippen molar-refractivity contribution < 1.29 is 17.9 Å². The normalized spacial score (nSPS) is 20.1. The van der Waals surface area contributed by atoms with Gasteiger partial charge in [0.2, 0.25) is 21.8 Å². The third kappa shape index (κ3) is 4.67. The fraction of sp³-hybridized carbons (Fsp3) is 0.550. The molecule has 0 N–H and O–H groups in total. The monoisotopic (exact) mass is 418 g/mol. The molecule has 2 aliphatic heterocycles. The molecule has 156 valence electrons. The molecule has 0 radical (unpaired) electrons. The lowest BCUT2D eigenvalue weighted by atomic mass is 9.95. The van der Waals surface area contributed by atoms with Crippen molar-refractivity contribution in [2.45, 2.75) is 31.8 Å². The van der Waals surface area contributed by atoms with E-state index in [2.05, 4.69) is 9.97 Å². The second-order valence-electron chi connectivity index (χ2n) is 7.78. The molecule has 1 amide bonds. The number of fused-ring (bicyclic) bond motifs is 1. The fourth-order valence-electron chi connectivity index (χ4n) is 4.05. The molecule has 8 nitrogen and oxygen atoms in total. The highest BCUT2D eigenvalue weighted by Crippen LogP contribution is 2.24. The molecule has 2 fully saturated rings. The molecule has 1 aromatic heterocycles. The average molecular weight is 419 g/mol. The molecule has 0 bridgehead atoms. The van der Waals surface area contributed by atoms with Crippen LogP contribution in [-0.4, -0.2) is 72.0 Å². The van der Waals surface area contributed by atoms with Crippen LogP contribution in [0, 0.1) is 5.92 Å². The van der Waals surface area contributed by atoms with E-state index < -0.39 is 10.0 Å². The molecule has 9 heteroatoms. The lowest BCUT2D eigenvalue weighted by Crippen LogP contribution is -2.47. The van der Waals surface area contributed by atoms with Crippen molar-refractivity contribution in [2.24, 2.45) is 5.92 Å². The molecule has 2 saturated heterocycles. The summed E-state index contributed by atoms with van der Waals surface area (Å²) in [4.78, 5) is 23.6. The van der Waals surface area contributed by atoms with Crippen LogP contribution in [0.25, 0.3) is 11.0 Å². The summed E-state index contributed by atoms with van der Waals surface area (Å²) >= 11 is 0. The minimum atomic E-state index is -3.17. The molecule has 0 atom stereocenters. The lowest BCUT2D eigenvalue weighted by molar-refractivity contribution is -0.138. The Morgan fingerprint density at radius 1 is 1.03 bits per heavy atom. The van der Waals surface area contributed by atoms with Crippen molar-refractivity contribution in [1.29, 1.82) is 0 Å². The number of ether oxygens (including phenoxy) is 1. The molecule has 3 heterocycles. The van der Waals surface area contributed by atoms with Gasteiger partial charge in [0.1, 0.15) is 6.10 Å². The van der Waals surface area contributed by atoms with Gasteiger partial charge in [0.25, 0.3) is 0 Å². The van der Waals surface area contributed by atoms with Crippen molar-refractivity contribution >= 4 is 27.0 Å². The van der Waals surface area contributed by atoms with Gasteiger partial charge in [0.15, 0.2) is 0 Å². The summed E-state index contributed by atoms with van der Waals surface area (Å²) in [6, 6.07) is 7.67. The van der Waals surface area contributed by atoms with Crippen LogP contribution in [0.2, 0.25) is 0 Å². The number of para-hydroxylation sites is 2. The molecule has 2 aliphatic rings. The Kier molecular flexibility index (Phi) is 5.69. The SMILES string of the molecule is CS(=O)(=O)N1CCC(C(=O)N2CCC(Oc3cnc4ccccc4n3)CC2)CC1. The maximum absolute atomic E-state index is 12.8. The number of piperidine rings is 2. The van der Waals surface area contributed by atoms with Crippen LogP contribution in [0.4, 0.5) is 0 Å². The lowest BCUT2D eigenvalue weighted by Gasteiger charge is -2.36. The van der Waals surface area contributed by atoms with Crippen LogP contribution in [0.1, 0.15) is 25.7 Å². The van der Waals surface area contributed by atoms with Crippen LogP contribution in [0.5, 0.6) is 5.88 Å². The number of sulfonamides is 1. The van der Waals surface area contributed by atoms with Gasteiger partial charge in [-0.25, -0.2) is 22.7 Å². The number of aromatic nitrogens is 2. The maximum Gasteiger partial charge on any atom is 0.233 e. The predicted octanol–water partition coefficient (Wildman–Crippen LogP) is 1.67. The first-order valence-electron chi connectivity index (χ1n) is 10.0. The van der Waals surface area contributed by atoms with Gasteiger partial charge in [-0.2, -0.15) is 0 Å². The van der Waals surface area contributed by atoms with E-state index in [0.29, 0.717) is 44.9 Å². The second-order valence-corrected chi connectivity index (χ2v) is 9.76. The molecule has 4 rings (SSSR count). The number of rotatable bonds is 4. The highest BCUT2D eigenvalue weighted by molar-refractivity contribution is 7.88. The maximum atomic E-state index is 12.8. The zero-order valence-corrected chi connectivity index (χ0v) is 17.3. The number of amides is 1. The zero-order valence-electron chi connectivity index (χ0n) is 16.5. The predicted molar refractivity (Wildman–Crippen MR) is 109 cm³/mol. The van der Waals surface area contributed by atoms with Crippen LogP contribution >= 0.6 is 0 Å². The van der Waals surface area contributed by atoms with Gasteiger partial charge in [-0.15, -0.1) is 0 Å². The number of nitrogens with zero attached hydrogens (tertiary/aromatic N) is 4. The number of benzene rings is 1. The van der Waals surface area contributed by atoms with Crippen molar-refractivity contribution in [3.05, 3.63) is 30.5 Å². The molecule has 1 aromatic carbocycles. The number of carbonyl (C=O) groups excluding carboxylic acids is 1. The average Bonchev–Trinajstić information content (AvgIpc) is 2.73. The summed E-state index contributed by atoms with van der Waals surface area (Å²) in [6.45, 7) is 2.15. The summed E-state index contributed by atoms with van der Waals surface area (Å²) in [6.07, 6.45) is 5.58. The quantitative estimate of drug-likeness (QED) is 0.750.